The predicted molar refractivity (Wildman–Crippen MR) is 207 cm³/mol. The summed E-state index contributed by atoms with van der Waals surface area (Å²) >= 11 is 15.8. The summed E-state index contributed by atoms with van der Waals surface area (Å²) in [5.41, 5.74) is 0. The lowest BCUT2D eigenvalue weighted by Crippen LogP contribution is -2.31. The molecule has 0 unspecified atom stereocenters. The Hall–Kier alpha value is 0.480. The molecule has 0 aliphatic carbocycles. The molecule has 0 bridgehead atoms. The smallest absolute Gasteiger partial charge is 0.136 e. The van der Waals surface area contributed by atoms with Gasteiger partial charge in [-0.2, -0.15) is 0 Å². The van der Waals surface area contributed by atoms with Crippen LogP contribution in [0.2, 0.25) is 0 Å². The van der Waals surface area contributed by atoms with E-state index in [0.717, 1.165) is 46.3 Å². The van der Waals surface area contributed by atoms with Crippen LogP contribution in [0.5, 0.6) is 0 Å². The summed E-state index contributed by atoms with van der Waals surface area (Å²) in [4.78, 5) is 5.07. The van der Waals surface area contributed by atoms with Gasteiger partial charge in [0.25, 0.3) is 0 Å². The second-order valence-electron chi connectivity index (χ2n) is 12.3. The molecule has 42 heavy (non-hydrogen) atoms. The van der Waals surface area contributed by atoms with Crippen LogP contribution in [0, 0.1) is 0 Å². The second kappa shape index (κ2) is 34.4. The molecule has 0 saturated heterocycles. The summed E-state index contributed by atoms with van der Waals surface area (Å²) in [7, 11) is 0. The van der Waals surface area contributed by atoms with Crippen molar-refractivity contribution in [1.82, 2.24) is 9.80 Å². The fraction of sp³-hybridized carbons (Fsp3) is 0.944. The molecule has 2 nitrogen and oxygen atoms in total. The standard InChI is InChI=1S/C36H72N2S4/c1-5-9-13-17-21-25-29-37(30-26-22-18-14-10-6-2)35(39)41-33-34-42-36(40)38(31-27-23-19-15-11-7-3)32-28-24-20-16-12-8-4/h5-34H2,1-4H3. The van der Waals surface area contributed by atoms with Crippen molar-refractivity contribution in [1.29, 1.82) is 0 Å². The molecule has 0 aromatic heterocycles. The number of hydrogen-bond donors (Lipinski definition) is 0. The first-order valence-corrected chi connectivity index (χ1v) is 21.2. The van der Waals surface area contributed by atoms with Crippen LogP contribution in [0.15, 0.2) is 0 Å². The fourth-order valence-corrected chi connectivity index (χ4v) is 7.97. The molecule has 0 fully saturated rings. The molecular weight excluding hydrogens is 589 g/mol. The molecule has 0 aliphatic heterocycles. The first-order chi connectivity index (χ1) is 20.6. The van der Waals surface area contributed by atoms with Gasteiger partial charge in [-0.25, -0.2) is 0 Å². The number of nitrogens with zero attached hydrogens (tertiary/aromatic N) is 2. The monoisotopic (exact) mass is 660 g/mol. The Kier molecular flexibility index (Phi) is 34.7. The first-order valence-electron chi connectivity index (χ1n) is 18.4. The van der Waals surface area contributed by atoms with Gasteiger partial charge in [-0.3, -0.25) is 0 Å². The third kappa shape index (κ3) is 28.0. The molecule has 6 heteroatoms. The molecule has 0 heterocycles. The highest BCUT2D eigenvalue weighted by atomic mass is 32.2. The van der Waals surface area contributed by atoms with Gasteiger partial charge in [0.05, 0.1) is 0 Å². The largest absolute Gasteiger partial charge is 0.358 e. The van der Waals surface area contributed by atoms with Crippen LogP contribution in [0.1, 0.15) is 182 Å². The molecule has 0 aliphatic rings. The molecule has 0 amide bonds. The Morgan fingerprint density at radius 2 is 0.571 bits per heavy atom. The van der Waals surface area contributed by atoms with E-state index in [2.05, 4.69) is 37.5 Å². The van der Waals surface area contributed by atoms with Crippen molar-refractivity contribution in [2.24, 2.45) is 0 Å². The summed E-state index contributed by atoms with van der Waals surface area (Å²) in [6, 6.07) is 0. The quantitative estimate of drug-likeness (QED) is 0.0535. The zero-order valence-electron chi connectivity index (χ0n) is 28.7. The van der Waals surface area contributed by atoms with Crippen LogP contribution in [0.25, 0.3) is 0 Å². The molecular formula is C36H72N2S4. The number of rotatable bonds is 31. The van der Waals surface area contributed by atoms with Crippen LogP contribution >= 0.6 is 48.0 Å². The molecule has 0 atom stereocenters. The molecule has 0 spiro atoms. The van der Waals surface area contributed by atoms with Gasteiger partial charge in [0.15, 0.2) is 0 Å². The summed E-state index contributed by atoms with van der Waals surface area (Å²) in [5.74, 6) is 2.13. The second-order valence-corrected chi connectivity index (χ2v) is 15.7. The number of hydrogen-bond acceptors (Lipinski definition) is 4. The predicted octanol–water partition coefficient (Wildman–Crippen LogP) is 13.1. The SMILES string of the molecule is CCCCCCCCN(CCCCCCCC)C(=S)SCCSC(=S)N(CCCCCCCC)CCCCCCCC. The molecule has 250 valence electrons. The van der Waals surface area contributed by atoms with E-state index in [1.165, 1.54) is 154 Å². The lowest BCUT2D eigenvalue weighted by atomic mass is 10.1. The van der Waals surface area contributed by atoms with Gasteiger partial charge < -0.3 is 9.80 Å². The van der Waals surface area contributed by atoms with Crippen LogP contribution < -0.4 is 0 Å². The molecule has 0 aromatic rings. The Balaban J connectivity index is 4.58. The highest BCUT2D eigenvalue weighted by molar-refractivity contribution is 8.25. The van der Waals surface area contributed by atoms with Crippen LogP contribution in [-0.4, -0.2) is 56.1 Å². The van der Waals surface area contributed by atoms with Gasteiger partial charge in [0.1, 0.15) is 8.64 Å². The van der Waals surface area contributed by atoms with Gasteiger partial charge in [-0.05, 0) is 25.7 Å². The van der Waals surface area contributed by atoms with Crippen molar-refractivity contribution in [3.8, 4) is 0 Å². The van der Waals surface area contributed by atoms with Gasteiger partial charge in [0, 0.05) is 37.7 Å². The Morgan fingerprint density at radius 3 is 0.810 bits per heavy atom. The van der Waals surface area contributed by atoms with Crippen LogP contribution in [0.4, 0.5) is 0 Å². The zero-order valence-corrected chi connectivity index (χ0v) is 32.0. The number of thioether (sulfide) groups is 2. The summed E-state index contributed by atoms with van der Waals surface area (Å²) in [6.07, 6.45) is 32.4. The third-order valence-corrected chi connectivity index (χ3v) is 11.5. The first kappa shape index (κ1) is 42.5. The van der Waals surface area contributed by atoms with Crippen LogP contribution in [-0.2, 0) is 0 Å². The van der Waals surface area contributed by atoms with Crippen molar-refractivity contribution < 1.29 is 0 Å². The molecule has 0 N–H and O–H groups in total. The van der Waals surface area contributed by atoms with E-state index >= 15 is 0 Å². The van der Waals surface area contributed by atoms with E-state index in [-0.39, 0.29) is 0 Å². The number of unbranched alkanes of at least 4 members (excludes halogenated alkanes) is 20. The zero-order chi connectivity index (χ0) is 30.9. The molecule has 0 radical (unpaired) electrons. The van der Waals surface area contributed by atoms with Crippen molar-refractivity contribution in [3.63, 3.8) is 0 Å². The molecule has 0 aromatic carbocycles. The molecule has 0 saturated carbocycles. The Morgan fingerprint density at radius 1 is 0.357 bits per heavy atom. The van der Waals surface area contributed by atoms with E-state index in [4.69, 9.17) is 24.4 Å². The fourth-order valence-electron chi connectivity index (χ4n) is 5.36. The maximum atomic E-state index is 5.98. The van der Waals surface area contributed by atoms with Crippen molar-refractivity contribution in [2.45, 2.75) is 182 Å². The lowest BCUT2D eigenvalue weighted by molar-refractivity contribution is 0.395. The van der Waals surface area contributed by atoms with Gasteiger partial charge in [-0.15, -0.1) is 0 Å². The minimum Gasteiger partial charge on any atom is -0.358 e. The van der Waals surface area contributed by atoms with Crippen molar-refractivity contribution in [2.75, 3.05) is 37.7 Å². The topological polar surface area (TPSA) is 6.48 Å². The van der Waals surface area contributed by atoms with Crippen molar-refractivity contribution in [3.05, 3.63) is 0 Å². The van der Waals surface area contributed by atoms with E-state index in [9.17, 15) is 0 Å². The Bertz CT molecular complexity index is 505. The number of thiocarbonyl (C=S) groups is 2. The molecule has 0 rings (SSSR count). The van der Waals surface area contributed by atoms with Gasteiger partial charge in [-0.1, -0.05) is 204 Å². The van der Waals surface area contributed by atoms with E-state index < -0.39 is 0 Å². The Labute approximate surface area is 284 Å². The third-order valence-electron chi connectivity index (χ3n) is 8.18. The highest BCUT2D eigenvalue weighted by Crippen LogP contribution is 2.19. The van der Waals surface area contributed by atoms with Gasteiger partial charge in [0.2, 0.25) is 0 Å². The van der Waals surface area contributed by atoms with Gasteiger partial charge >= 0.3 is 0 Å². The average molecular weight is 661 g/mol. The van der Waals surface area contributed by atoms with E-state index in [1.54, 1.807) is 0 Å². The average Bonchev–Trinajstić information content (AvgIpc) is 2.99. The minimum absolute atomic E-state index is 1.06. The van der Waals surface area contributed by atoms with Crippen molar-refractivity contribution >= 4 is 56.6 Å². The normalized spacial score (nSPS) is 11.2. The van der Waals surface area contributed by atoms with E-state index in [0.29, 0.717) is 0 Å². The highest BCUT2D eigenvalue weighted by Gasteiger charge is 2.13. The maximum Gasteiger partial charge on any atom is 0.136 e. The summed E-state index contributed by atoms with van der Waals surface area (Å²) < 4.78 is 2.25. The van der Waals surface area contributed by atoms with E-state index in [1.807, 2.05) is 23.5 Å². The summed E-state index contributed by atoms with van der Waals surface area (Å²) in [6.45, 7) is 13.8. The maximum absolute atomic E-state index is 5.98. The lowest BCUT2D eigenvalue weighted by Gasteiger charge is -2.26. The van der Waals surface area contributed by atoms with Crippen LogP contribution in [0.3, 0.4) is 0 Å². The minimum atomic E-state index is 1.06. The summed E-state index contributed by atoms with van der Waals surface area (Å²) in [5, 5.41) is 0.